The van der Waals surface area contributed by atoms with Crippen LogP contribution in [0.15, 0.2) is 30.3 Å². The first-order valence-corrected chi connectivity index (χ1v) is 4.98. The fraction of sp³-hybridized carbons (Fsp3) is 0.400. The Labute approximate surface area is 76.0 Å². The van der Waals surface area contributed by atoms with E-state index in [9.17, 15) is 0 Å². The van der Waals surface area contributed by atoms with Gasteiger partial charge in [0.05, 0.1) is 8.81 Å². The molecule has 0 heterocycles. The van der Waals surface area contributed by atoms with Crippen LogP contribution >= 0.6 is 8.81 Å². The third-order valence-electron chi connectivity index (χ3n) is 1.22. The molecule has 0 aliphatic carbocycles. The summed E-state index contributed by atoms with van der Waals surface area (Å²) >= 11 is 0. The molecule has 66 valence electrons. The average molecular weight is 182 g/mol. The van der Waals surface area contributed by atoms with Gasteiger partial charge < -0.3 is 4.52 Å². The predicted molar refractivity (Wildman–Crippen MR) is 55.1 cm³/mol. The lowest BCUT2D eigenvalue weighted by molar-refractivity contribution is 0.595. The quantitative estimate of drug-likeness (QED) is 0.636. The fourth-order valence-corrected chi connectivity index (χ4v) is 1.26. The molecule has 0 radical (unpaired) electrons. The number of para-hydroxylation sites is 1. The van der Waals surface area contributed by atoms with E-state index in [1.54, 1.807) is 0 Å². The van der Waals surface area contributed by atoms with E-state index in [4.69, 9.17) is 4.52 Å². The molecular weight excluding hydrogens is 167 g/mol. The Morgan fingerprint density at radius 3 is 2.17 bits per heavy atom. The lowest BCUT2D eigenvalue weighted by atomic mass is 10.3. The van der Waals surface area contributed by atoms with E-state index < -0.39 is 0 Å². The highest BCUT2D eigenvalue weighted by Crippen LogP contribution is 2.32. The normalized spacial score (nSPS) is 12.2. The van der Waals surface area contributed by atoms with Gasteiger partial charge in [-0.3, -0.25) is 0 Å². The van der Waals surface area contributed by atoms with E-state index in [-0.39, 0.29) is 5.16 Å². The summed E-state index contributed by atoms with van der Waals surface area (Å²) in [5, 5.41) is 0.260. The first kappa shape index (κ1) is 9.54. The van der Waals surface area contributed by atoms with Crippen molar-refractivity contribution >= 4 is 8.81 Å². The molecule has 1 aromatic carbocycles. The van der Waals surface area contributed by atoms with Gasteiger partial charge in [0.15, 0.2) is 0 Å². The van der Waals surface area contributed by atoms with Crippen LogP contribution in [-0.2, 0) is 0 Å². The molecular formula is C10H15OP. The topological polar surface area (TPSA) is 9.23 Å². The van der Waals surface area contributed by atoms with E-state index >= 15 is 0 Å². The average Bonchev–Trinajstić information content (AvgIpc) is 2.02. The summed E-state index contributed by atoms with van der Waals surface area (Å²) in [6.45, 7) is 6.52. The highest BCUT2D eigenvalue weighted by atomic mass is 31.1. The third-order valence-corrected chi connectivity index (χ3v) is 2.17. The van der Waals surface area contributed by atoms with Crippen LogP contribution in [0.5, 0.6) is 5.75 Å². The second-order valence-electron chi connectivity index (χ2n) is 3.77. The van der Waals surface area contributed by atoms with Gasteiger partial charge in [-0.25, -0.2) is 0 Å². The Morgan fingerprint density at radius 1 is 1.08 bits per heavy atom. The van der Waals surface area contributed by atoms with E-state index in [1.807, 2.05) is 30.3 Å². The number of hydrogen-bond acceptors (Lipinski definition) is 1. The molecule has 0 aromatic heterocycles. The van der Waals surface area contributed by atoms with Crippen LogP contribution in [0.3, 0.4) is 0 Å². The summed E-state index contributed by atoms with van der Waals surface area (Å²) in [5.74, 6) is 0.964. The van der Waals surface area contributed by atoms with Gasteiger partial charge in [-0.1, -0.05) is 39.0 Å². The zero-order chi connectivity index (χ0) is 9.03. The number of benzene rings is 1. The van der Waals surface area contributed by atoms with E-state index in [0.29, 0.717) is 8.81 Å². The zero-order valence-corrected chi connectivity index (χ0v) is 8.79. The van der Waals surface area contributed by atoms with Crippen LogP contribution in [0.25, 0.3) is 0 Å². The summed E-state index contributed by atoms with van der Waals surface area (Å²) < 4.78 is 5.60. The molecule has 0 amide bonds. The van der Waals surface area contributed by atoms with Crippen LogP contribution in [0.1, 0.15) is 20.8 Å². The van der Waals surface area contributed by atoms with E-state index in [1.165, 1.54) is 0 Å². The van der Waals surface area contributed by atoms with Crippen LogP contribution in [0.4, 0.5) is 0 Å². The fourth-order valence-electron chi connectivity index (χ4n) is 0.701. The SMILES string of the molecule is CC(C)(C)POc1ccccc1. The van der Waals surface area contributed by atoms with Crippen molar-refractivity contribution in [3.05, 3.63) is 30.3 Å². The Balaban J connectivity index is 2.44. The summed E-state index contributed by atoms with van der Waals surface area (Å²) in [6.07, 6.45) is 0. The van der Waals surface area contributed by atoms with Crippen LogP contribution < -0.4 is 4.52 Å². The van der Waals surface area contributed by atoms with Crippen LogP contribution in [0.2, 0.25) is 0 Å². The largest absolute Gasteiger partial charge is 0.477 e. The molecule has 0 N–H and O–H groups in total. The number of hydrogen-bond donors (Lipinski definition) is 0. The summed E-state index contributed by atoms with van der Waals surface area (Å²) in [5.41, 5.74) is 0. The van der Waals surface area contributed by atoms with Crippen LogP contribution in [-0.4, -0.2) is 5.16 Å². The van der Waals surface area contributed by atoms with Gasteiger partial charge in [0.2, 0.25) is 0 Å². The Hall–Kier alpha value is -0.550. The lowest BCUT2D eigenvalue weighted by Crippen LogP contribution is -2.06. The zero-order valence-electron chi connectivity index (χ0n) is 7.79. The van der Waals surface area contributed by atoms with Crippen molar-refractivity contribution in [1.29, 1.82) is 0 Å². The van der Waals surface area contributed by atoms with Crippen molar-refractivity contribution in [2.75, 3.05) is 0 Å². The van der Waals surface area contributed by atoms with Gasteiger partial charge in [-0.15, -0.1) is 0 Å². The van der Waals surface area contributed by atoms with Gasteiger partial charge >= 0.3 is 0 Å². The predicted octanol–water partition coefficient (Wildman–Crippen LogP) is 3.46. The molecule has 1 rings (SSSR count). The molecule has 12 heavy (non-hydrogen) atoms. The molecule has 1 atom stereocenters. The number of rotatable bonds is 2. The summed E-state index contributed by atoms with van der Waals surface area (Å²) in [7, 11) is 0.519. The molecule has 1 aromatic rings. The molecule has 0 spiro atoms. The van der Waals surface area contributed by atoms with Crippen molar-refractivity contribution < 1.29 is 4.52 Å². The molecule has 0 saturated heterocycles. The maximum absolute atomic E-state index is 5.60. The molecule has 0 aliphatic rings. The smallest absolute Gasteiger partial charge is 0.122 e. The maximum atomic E-state index is 5.60. The molecule has 0 saturated carbocycles. The Morgan fingerprint density at radius 2 is 1.67 bits per heavy atom. The minimum absolute atomic E-state index is 0.260. The Bertz CT molecular complexity index is 225. The second kappa shape index (κ2) is 3.91. The van der Waals surface area contributed by atoms with Gasteiger partial charge in [0.1, 0.15) is 5.75 Å². The first-order chi connectivity index (χ1) is 5.58. The van der Waals surface area contributed by atoms with Crippen molar-refractivity contribution in [2.45, 2.75) is 25.9 Å². The van der Waals surface area contributed by atoms with Crippen molar-refractivity contribution in [1.82, 2.24) is 0 Å². The molecule has 2 heteroatoms. The van der Waals surface area contributed by atoms with Crippen molar-refractivity contribution in [3.63, 3.8) is 0 Å². The minimum Gasteiger partial charge on any atom is -0.477 e. The van der Waals surface area contributed by atoms with Crippen LogP contribution in [0, 0.1) is 0 Å². The van der Waals surface area contributed by atoms with Gasteiger partial charge in [0.25, 0.3) is 0 Å². The second-order valence-corrected chi connectivity index (χ2v) is 5.68. The lowest BCUT2D eigenvalue weighted by Gasteiger charge is -2.17. The van der Waals surface area contributed by atoms with Gasteiger partial charge in [-0.2, -0.15) is 0 Å². The molecule has 0 fully saturated rings. The minimum atomic E-state index is 0.260. The summed E-state index contributed by atoms with van der Waals surface area (Å²) in [4.78, 5) is 0. The van der Waals surface area contributed by atoms with Crippen molar-refractivity contribution in [2.24, 2.45) is 0 Å². The third kappa shape index (κ3) is 3.73. The molecule has 1 unspecified atom stereocenters. The molecule has 1 nitrogen and oxygen atoms in total. The summed E-state index contributed by atoms with van der Waals surface area (Å²) in [6, 6.07) is 9.94. The monoisotopic (exact) mass is 182 g/mol. The van der Waals surface area contributed by atoms with Gasteiger partial charge in [0, 0.05) is 5.16 Å². The molecule has 0 bridgehead atoms. The molecule has 0 aliphatic heterocycles. The highest BCUT2D eigenvalue weighted by Gasteiger charge is 2.10. The maximum Gasteiger partial charge on any atom is 0.122 e. The first-order valence-electron chi connectivity index (χ1n) is 4.07. The Kier molecular flexibility index (Phi) is 3.11. The van der Waals surface area contributed by atoms with Gasteiger partial charge in [-0.05, 0) is 12.1 Å². The van der Waals surface area contributed by atoms with Crippen molar-refractivity contribution in [3.8, 4) is 5.75 Å². The standard InChI is InChI=1S/C10H15OP/c1-10(2,3)12-11-9-7-5-4-6-8-9/h4-8,12H,1-3H3. The van der Waals surface area contributed by atoms with E-state index in [0.717, 1.165) is 5.75 Å². The van der Waals surface area contributed by atoms with E-state index in [2.05, 4.69) is 20.8 Å². The highest BCUT2D eigenvalue weighted by molar-refractivity contribution is 7.34.